The Morgan fingerprint density at radius 2 is 2.07 bits per heavy atom. The second-order valence-corrected chi connectivity index (χ2v) is 3.83. The molecule has 0 N–H and O–H groups in total. The van der Waals surface area contributed by atoms with Gasteiger partial charge in [-0.3, -0.25) is 0 Å². The normalized spacial score (nSPS) is 10.7. The van der Waals surface area contributed by atoms with Crippen molar-refractivity contribution in [1.29, 1.82) is 0 Å². The SMILES string of the molecule is C(=N\OCc1ccccc1)/c1ccsc1. The zero-order valence-corrected chi connectivity index (χ0v) is 8.98. The van der Waals surface area contributed by atoms with E-state index in [9.17, 15) is 0 Å². The maximum Gasteiger partial charge on any atom is 0.142 e. The molecule has 0 atom stereocenters. The minimum atomic E-state index is 0.515. The van der Waals surface area contributed by atoms with E-state index in [1.807, 2.05) is 47.2 Å². The molecule has 3 heteroatoms. The van der Waals surface area contributed by atoms with Gasteiger partial charge in [-0.2, -0.15) is 11.3 Å². The quantitative estimate of drug-likeness (QED) is 0.569. The number of benzene rings is 1. The Morgan fingerprint density at radius 3 is 2.80 bits per heavy atom. The van der Waals surface area contributed by atoms with Gasteiger partial charge in [-0.1, -0.05) is 35.5 Å². The minimum Gasteiger partial charge on any atom is -0.391 e. The summed E-state index contributed by atoms with van der Waals surface area (Å²) in [6.07, 6.45) is 1.72. The Labute approximate surface area is 92.8 Å². The van der Waals surface area contributed by atoms with Crippen molar-refractivity contribution in [3.05, 3.63) is 58.3 Å². The van der Waals surface area contributed by atoms with Crippen LogP contribution in [-0.4, -0.2) is 6.21 Å². The minimum absolute atomic E-state index is 0.515. The molecule has 2 aromatic rings. The highest BCUT2D eigenvalue weighted by atomic mass is 32.1. The smallest absolute Gasteiger partial charge is 0.142 e. The molecular weight excluding hydrogens is 206 g/mol. The molecule has 0 fully saturated rings. The van der Waals surface area contributed by atoms with Gasteiger partial charge >= 0.3 is 0 Å². The van der Waals surface area contributed by atoms with Crippen molar-refractivity contribution in [3.63, 3.8) is 0 Å². The van der Waals surface area contributed by atoms with Gasteiger partial charge in [0.05, 0.1) is 6.21 Å². The van der Waals surface area contributed by atoms with E-state index in [2.05, 4.69) is 5.16 Å². The summed E-state index contributed by atoms with van der Waals surface area (Å²) < 4.78 is 0. The fourth-order valence-corrected chi connectivity index (χ4v) is 1.74. The number of rotatable bonds is 4. The summed E-state index contributed by atoms with van der Waals surface area (Å²) in [5, 5.41) is 7.93. The summed E-state index contributed by atoms with van der Waals surface area (Å²) in [6, 6.07) is 12.0. The van der Waals surface area contributed by atoms with E-state index in [0.717, 1.165) is 11.1 Å². The first-order chi connectivity index (χ1) is 7.45. The predicted octanol–water partition coefficient (Wildman–Crippen LogP) is 3.30. The second kappa shape index (κ2) is 5.32. The molecule has 15 heavy (non-hydrogen) atoms. The van der Waals surface area contributed by atoms with E-state index in [4.69, 9.17) is 4.84 Å². The Morgan fingerprint density at radius 1 is 1.20 bits per heavy atom. The lowest BCUT2D eigenvalue weighted by Crippen LogP contribution is -1.86. The largest absolute Gasteiger partial charge is 0.391 e. The lowest BCUT2D eigenvalue weighted by molar-refractivity contribution is 0.132. The van der Waals surface area contributed by atoms with Crippen molar-refractivity contribution in [3.8, 4) is 0 Å². The van der Waals surface area contributed by atoms with Crippen LogP contribution < -0.4 is 0 Å². The highest BCUT2D eigenvalue weighted by Crippen LogP contribution is 2.04. The van der Waals surface area contributed by atoms with E-state index in [0.29, 0.717) is 6.61 Å². The summed E-state index contributed by atoms with van der Waals surface area (Å²) in [5.74, 6) is 0. The predicted molar refractivity (Wildman–Crippen MR) is 63.1 cm³/mol. The molecule has 0 saturated carbocycles. The number of hydrogen-bond acceptors (Lipinski definition) is 3. The molecule has 0 bridgehead atoms. The van der Waals surface area contributed by atoms with Crippen LogP contribution in [0.15, 0.2) is 52.3 Å². The number of oxime groups is 1. The fourth-order valence-electron chi connectivity index (χ4n) is 1.13. The van der Waals surface area contributed by atoms with Crippen molar-refractivity contribution in [2.24, 2.45) is 5.16 Å². The molecule has 0 saturated heterocycles. The molecule has 0 aliphatic carbocycles. The molecule has 1 aromatic heterocycles. The highest BCUT2D eigenvalue weighted by Gasteiger charge is 1.89. The average molecular weight is 217 g/mol. The molecule has 0 unspecified atom stereocenters. The van der Waals surface area contributed by atoms with Crippen LogP contribution in [0.3, 0.4) is 0 Å². The van der Waals surface area contributed by atoms with Gasteiger partial charge in [-0.05, 0) is 22.4 Å². The monoisotopic (exact) mass is 217 g/mol. The Bertz CT molecular complexity index is 408. The zero-order valence-electron chi connectivity index (χ0n) is 8.17. The van der Waals surface area contributed by atoms with Crippen LogP contribution in [0.4, 0.5) is 0 Å². The van der Waals surface area contributed by atoms with Crippen LogP contribution in [0, 0.1) is 0 Å². The lowest BCUT2D eigenvalue weighted by atomic mass is 10.2. The number of nitrogens with zero attached hydrogens (tertiary/aromatic N) is 1. The third kappa shape index (κ3) is 3.22. The average Bonchev–Trinajstić information content (AvgIpc) is 2.79. The molecule has 0 spiro atoms. The summed E-state index contributed by atoms with van der Waals surface area (Å²) in [6.45, 7) is 0.515. The van der Waals surface area contributed by atoms with Gasteiger partial charge in [0.25, 0.3) is 0 Å². The lowest BCUT2D eigenvalue weighted by Gasteiger charge is -1.97. The van der Waals surface area contributed by atoms with Crippen molar-refractivity contribution in [2.75, 3.05) is 0 Å². The Balaban J connectivity index is 1.80. The molecule has 2 nitrogen and oxygen atoms in total. The van der Waals surface area contributed by atoms with Crippen LogP contribution in [0.1, 0.15) is 11.1 Å². The van der Waals surface area contributed by atoms with E-state index < -0.39 is 0 Å². The third-order valence-corrected chi connectivity index (χ3v) is 2.60. The molecular formula is C12H11NOS. The standard InChI is InChI=1S/C12H11NOS/c1-2-4-11(5-3-1)9-14-13-8-12-6-7-15-10-12/h1-8,10H,9H2/b13-8+. The van der Waals surface area contributed by atoms with Gasteiger partial charge in [0.1, 0.15) is 6.61 Å². The van der Waals surface area contributed by atoms with Gasteiger partial charge in [-0.25, -0.2) is 0 Å². The second-order valence-electron chi connectivity index (χ2n) is 3.05. The number of thiophene rings is 1. The molecule has 0 radical (unpaired) electrons. The van der Waals surface area contributed by atoms with Crippen LogP contribution >= 0.6 is 11.3 Å². The summed E-state index contributed by atoms with van der Waals surface area (Å²) in [5.41, 5.74) is 2.20. The van der Waals surface area contributed by atoms with Crippen molar-refractivity contribution in [1.82, 2.24) is 0 Å². The van der Waals surface area contributed by atoms with E-state index in [1.54, 1.807) is 17.6 Å². The van der Waals surface area contributed by atoms with E-state index >= 15 is 0 Å². The van der Waals surface area contributed by atoms with E-state index in [-0.39, 0.29) is 0 Å². The van der Waals surface area contributed by atoms with Crippen molar-refractivity contribution >= 4 is 17.6 Å². The molecule has 76 valence electrons. The topological polar surface area (TPSA) is 21.6 Å². The van der Waals surface area contributed by atoms with Crippen molar-refractivity contribution in [2.45, 2.75) is 6.61 Å². The van der Waals surface area contributed by atoms with Gasteiger partial charge in [0, 0.05) is 5.56 Å². The third-order valence-electron chi connectivity index (χ3n) is 1.89. The Hall–Kier alpha value is -1.61. The van der Waals surface area contributed by atoms with Crippen LogP contribution in [0.2, 0.25) is 0 Å². The first-order valence-electron chi connectivity index (χ1n) is 4.66. The molecule has 0 amide bonds. The molecule has 0 aliphatic heterocycles. The Kier molecular flexibility index (Phi) is 3.52. The highest BCUT2D eigenvalue weighted by molar-refractivity contribution is 7.08. The summed E-state index contributed by atoms with van der Waals surface area (Å²) >= 11 is 1.65. The molecule has 1 aromatic carbocycles. The number of hydrogen-bond donors (Lipinski definition) is 0. The molecule has 1 heterocycles. The molecule has 2 rings (SSSR count). The van der Waals surface area contributed by atoms with Gasteiger partial charge < -0.3 is 4.84 Å². The first-order valence-corrected chi connectivity index (χ1v) is 5.61. The zero-order chi connectivity index (χ0) is 10.3. The van der Waals surface area contributed by atoms with Crippen LogP contribution in [-0.2, 0) is 11.4 Å². The maximum absolute atomic E-state index is 5.17. The van der Waals surface area contributed by atoms with Crippen LogP contribution in [0.25, 0.3) is 0 Å². The fraction of sp³-hybridized carbons (Fsp3) is 0.0833. The first kappa shape index (κ1) is 9.93. The summed E-state index contributed by atoms with van der Waals surface area (Å²) in [4.78, 5) is 5.17. The van der Waals surface area contributed by atoms with Crippen molar-refractivity contribution < 1.29 is 4.84 Å². The van der Waals surface area contributed by atoms with Crippen LogP contribution in [0.5, 0.6) is 0 Å². The maximum atomic E-state index is 5.17. The van der Waals surface area contributed by atoms with Gasteiger partial charge in [0.2, 0.25) is 0 Å². The van der Waals surface area contributed by atoms with Gasteiger partial charge in [-0.15, -0.1) is 0 Å². The summed E-state index contributed by atoms with van der Waals surface area (Å²) in [7, 11) is 0. The molecule has 0 aliphatic rings. The van der Waals surface area contributed by atoms with Gasteiger partial charge in [0.15, 0.2) is 0 Å². The van der Waals surface area contributed by atoms with E-state index in [1.165, 1.54) is 0 Å².